The number of hydrogen-bond acceptors (Lipinski definition) is 4. The van der Waals surface area contributed by atoms with Gasteiger partial charge in [-0.2, -0.15) is 0 Å². The summed E-state index contributed by atoms with van der Waals surface area (Å²) in [6, 6.07) is 7.25. The summed E-state index contributed by atoms with van der Waals surface area (Å²) in [6.07, 6.45) is 5.42. The first-order chi connectivity index (χ1) is 13.8. The van der Waals surface area contributed by atoms with Gasteiger partial charge in [0.1, 0.15) is 17.8 Å². The highest BCUT2D eigenvalue weighted by atomic mass is 16.5. The van der Waals surface area contributed by atoms with E-state index in [0.717, 1.165) is 35.5 Å². The topological polar surface area (TPSA) is 87.7 Å². The molecule has 3 atom stereocenters. The standard InChI is InChI=1S/C22H31N3O4/c1-15-6-4-5-7-18(15)23-19(26)14-25-20(27)22(2,24-21(25)28)13-12-16-8-10-17(29-3)11-9-16/h8-11,15,18H,4-7,12-14H2,1-3H3,(H,23,26)(H,24,28)/t15-,18+,22-/m1/s1. The lowest BCUT2D eigenvalue weighted by molar-refractivity contribution is -0.135. The Morgan fingerprint density at radius 3 is 2.59 bits per heavy atom. The van der Waals surface area contributed by atoms with Crippen molar-refractivity contribution in [2.24, 2.45) is 5.92 Å². The maximum atomic E-state index is 12.9. The SMILES string of the molecule is COc1ccc(CC[C@@]2(C)NC(=O)N(CC(=O)N[C@H]3CCCC[C@H]3C)C2=O)cc1. The lowest BCUT2D eigenvalue weighted by atomic mass is 9.86. The van der Waals surface area contributed by atoms with Crippen molar-refractivity contribution in [3.05, 3.63) is 29.8 Å². The normalized spacial score (nSPS) is 26.9. The molecule has 0 bridgehead atoms. The van der Waals surface area contributed by atoms with Crippen molar-refractivity contribution in [2.45, 2.75) is 64.0 Å². The minimum absolute atomic E-state index is 0.124. The Balaban J connectivity index is 1.56. The van der Waals surface area contributed by atoms with E-state index in [4.69, 9.17) is 4.74 Å². The number of ether oxygens (including phenoxy) is 1. The minimum atomic E-state index is -1.00. The average molecular weight is 402 g/mol. The van der Waals surface area contributed by atoms with Gasteiger partial charge in [-0.05, 0) is 56.2 Å². The van der Waals surface area contributed by atoms with Crippen LogP contribution in [-0.4, -0.2) is 48.0 Å². The van der Waals surface area contributed by atoms with E-state index in [0.29, 0.717) is 18.8 Å². The molecule has 1 aromatic carbocycles. The van der Waals surface area contributed by atoms with E-state index >= 15 is 0 Å². The zero-order valence-corrected chi connectivity index (χ0v) is 17.5. The van der Waals surface area contributed by atoms with Crippen LogP contribution in [0.15, 0.2) is 24.3 Å². The molecule has 1 saturated carbocycles. The van der Waals surface area contributed by atoms with Gasteiger partial charge in [-0.15, -0.1) is 0 Å². The lowest BCUT2D eigenvalue weighted by Gasteiger charge is -2.30. The average Bonchev–Trinajstić information content (AvgIpc) is 2.92. The molecule has 0 unspecified atom stereocenters. The van der Waals surface area contributed by atoms with Crippen LogP contribution in [0.4, 0.5) is 4.79 Å². The number of methoxy groups -OCH3 is 1. The second kappa shape index (κ2) is 8.84. The monoisotopic (exact) mass is 401 g/mol. The molecule has 1 heterocycles. The van der Waals surface area contributed by atoms with Crippen molar-refractivity contribution < 1.29 is 19.1 Å². The second-order valence-electron chi connectivity index (χ2n) is 8.44. The number of hydrogen-bond donors (Lipinski definition) is 2. The molecule has 158 valence electrons. The number of benzene rings is 1. The summed E-state index contributed by atoms with van der Waals surface area (Å²) in [5, 5.41) is 5.78. The highest BCUT2D eigenvalue weighted by molar-refractivity contribution is 6.08. The van der Waals surface area contributed by atoms with Crippen LogP contribution in [0.1, 0.15) is 51.5 Å². The fraction of sp³-hybridized carbons (Fsp3) is 0.591. The predicted octanol–water partition coefficient (Wildman–Crippen LogP) is 2.63. The summed E-state index contributed by atoms with van der Waals surface area (Å²) in [6.45, 7) is 3.62. The van der Waals surface area contributed by atoms with Crippen LogP contribution >= 0.6 is 0 Å². The maximum absolute atomic E-state index is 12.9. The third-order valence-corrected chi connectivity index (χ3v) is 6.18. The van der Waals surface area contributed by atoms with Crippen LogP contribution in [0, 0.1) is 5.92 Å². The molecule has 0 aromatic heterocycles. The Bertz CT molecular complexity index is 764. The molecule has 7 heteroatoms. The van der Waals surface area contributed by atoms with E-state index < -0.39 is 11.6 Å². The third kappa shape index (κ3) is 4.89. The van der Waals surface area contributed by atoms with Crippen LogP contribution < -0.4 is 15.4 Å². The molecule has 7 nitrogen and oxygen atoms in total. The van der Waals surface area contributed by atoms with Crippen LogP contribution in [0.25, 0.3) is 0 Å². The quantitative estimate of drug-likeness (QED) is 0.688. The van der Waals surface area contributed by atoms with E-state index in [1.165, 1.54) is 6.42 Å². The van der Waals surface area contributed by atoms with Gasteiger partial charge < -0.3 is 15.4 Å². The Morgan fingerprint density at radius 1 is 1.24 bits per heavy atom. The van der Waals surface area contributed by atoms with Gasteiger partial charge in [-0.3, -0.25) is 14.5 Å². The largest absolute Gasteiger partial charge is 0.497 e. The van der Waals surface area contributed by atoms with Crippen molar-refractivity contribution >= 4 is 17.8 Å². The lowest BCUT2D eigenvalue weighted by Crippen LogP contribution is -2.48. The van der Waals surface area contributed by atoms with Crippen molar-refractivity contribution in [1.29, 1.82) is 0 Å². The van der Waals surface area contributed by atoms with Gasteiger partial charge in [0.05, 0.1) is 7.11 Å². The predicted molar refractivity (Wildman–Crippen MR) is 110 cm³/mol. The molecule has 0 spiro atoms. The van der Waals surface area contributed by atoms with Gasteiger partial charge in [0, 0.05) is 6.04 Å². The first-order valence-corrected chi connectivity index (χ1v) is 10.4. The number of carbonyl (C=O) groups excluding carboxylic acids is 3. The van der Waals surface area contributed by atoms with Crippen molar-refractivity contribution in [1.82, 2.24) is 15.5 Å². The summed E-state index contributed by atoms with van der Waals surface area (Å²) >= 11 is 0. The summed E-state index contributed by atoms with van der Waals surface area (Å²) in [7, 11) is 1.61. The van der Waals surface area contributed by atoms with Gasteiger partial charge in [0.25, 0.3) is 5.91 Å². The number of rotatable bonds is 7. The molecular formula is C22H31N3O4. The second-order valence-corrected chi connectivity index (χ2v) is 8.44. The molecular weight excluding hydrogens is 370 g/mol. The smallest absolute Gasteiger partial charge is 0.325 e. The molecule has 2 N–H and O–H groups in total. The van der Waals surface area contributed by atoms with E-state index in [9.17, 15) is 14.4 Å². The first-order valence-electron chi connectivity index (χ1n) is 10.4. The molecule has 1 aliphatic heterocycles. The molecule has 29 heavy (non-hydrogen) atoms. The van der Waals surface area contributed by atoms with Gasteiger partial charge in [-0.25, -0.2) is 4.79 Å². The number of carbonyl (C=O) groups is 3. The van der Waals surface area contributed by atoms with Crippen molar-refractivity contribution in [3.8, 4) is 5.75 Å². The summed E-state index contributed by atoms with van der Waals surface area (Å²) < 4.78 is 5.15. The Kier molecular flexibility index (Phi) is 6.45. The number of aryl methyl sites for hydroxylation is 1. The van der Waals surface area contributed by atoms with Crippen LogP contribution in [-0.2, 0) is 16.0 Å². The molecule has 4 amide bonds. The summed E-state index contributed by atoms with van der Waals surface area (Å²) in [5.74, 6) is 0.578. The van der Waals surface area contributed by atoms with Gasteiger partial charge >= 0.3 is 6.03 Å². The van der Waals surface area contributed by atoms with Crippen molar-refractivity contribution in [3.63, 3.8) is 0 Å². The Labute approximate surface area is 172 Å². The van der Waals surface area contributed by atoms with Gasteiger partial charge in [0.2, 0.25) is 5.91 Å². The van der Waals surface area contributed by atoms with E-state index in [1.807, 2.05) is 24.3 Å². The summed E-state index contributed by atoms with van der Waals surface area (Å²) in [5.41, 5.74) is 0.0478. The minimum Gasteiger partial charge on any atom is -0.497 e. The van der Waals surface area contributed by atoms with E-state index in [2.05, 4.69) is 17.6 Å². The summed E-state index contributed by atoms with van der Waals surface area (Å²) in [4.78, 5) is 38.8. The highest BCUT2D eigenvalue weighted by Gasteiger charge is 2.48. The number of nitrogens with zero attached hydrogens (tertiary/aromatic N) is 1. The molecule has 1 aromatic rings. The number of urea groups is 1. The highest BCUT2D eigenvalue weighted by Crippen LogP contribution is 2.25. The van der Waals surface area contributed by atoms with Crippen LogP contribution in [0.3, 0.4) is 0 Å². The van der Waals surface area contributed by atoms with Crippen LogP contribution in [0.2, 0.25) is 0 Å². The van der Waals surface area contributed by atoms with Gasteiger partial charge in [-0.1, -0.05) is 31.9 Å². The fourth-order valence-electron chi connectivity index (χ4n) is 4.17. The first kappa shape index (κ1) is 21.1. The molecule has 1 aliphatic carbocycles. The Hall–Kier alpha value is -2.57. The van der Waals surface area contributed by atoms with Crippen LogP contribution in [0.5, 0.6) is 5.75 Å². The molecule has 2 aliphatic rings. The number of nitrogens with one attached hydrogen (secondary N) is 2. The molecule has 3 rings (SSSR count). The maximum Gasteiger partial charge on any atom is 0.325 e. The fourth-order valence-corrected chi connectivity index (χ4v) is 4.17. The molecule has 0 radical (unpaired) electrons. The van der Waals surface area contributed by atoms with Gasteiger partial charge in [0.15, 0.2) is 0 Å². The van der Waals surface area contributed by atoms with Crippen molar-refractivity contribution in [2.75, 3.05) is 13.7 Å². The number of imide groups is 1. The third-order valence-electron chi connectivity index (χ3n) is 6.18. The van der Waals surface area contributed by atoms with E-state index in [-0.39, 0.29) is 24.4 Å². The zero-order valence-electron chi connectivity index (χ0n) is 17.5. The molecule has 2 fully saturated rings. The Morgan fingerprint density at radius 2 is 1.93 bits per heavy atom. The molecule has 1 saturated heterocycles. The number of amides is 4. The zero-order chi connectivity index (χ0) is 21.0. The van der Waals surface area contributed by atoms with E-state index in [1.54, 1.807) is 14.0 Å².